The van der Waals surface area contributed by atoms with Gasteiger partial charge in [-0.15, -0.1) is 0 Å². The molecule has 0 aromatic carbocycles. The van der Waals surface area contributed by atoms with Gasteiger partial charge in [0.05, 0.1) is 6.10 Å². The van der Waals surface area contributed by atoms with Gasteiger partial charge in [-0.3, -0.25) is 4.90 Å². The Hall–Kier alpha value is -0.120. The van der Waals surface area contributed by atoms with Gasteiger partial charge in [0.15, 0.2) is 0 Å². The Labute approximate surface area is 62.0 Å². The van der Waals surface area contributed by atoms with Crippen molar-refractivity contribution in [3.8, 4) is 0 Å². The van der Waals surface area contributed by atoms with Gasteiger partial charge in [-0.25, -0.2) is 5.32 Å². The smallest absolute Gasteiger partial charge is 0.0639 e. The Balaban J connectivity index is 2.13. The van der Waals surface area contributed by atoms with Crippen LogP contribution in [0.3, 0.4) is 0 Å². The third-order valence-corrected chi connectivity index (χ3v) is 1.67. The third kappa shape index (κ3) is 2.64. The Morgan fingerprint density at radius 1 is 1.50 bits per heavy atom. The maximum atomic E-state index is 9.03. The minimum absolute atomic E-state index is 0.196. The minimum atomic E-state index is -0.196. The maximum absolute atomic E-state index is 9.03. The van der Waals surface area contributed by atoms with Crippen molar-refractivity contribution >= 4 is 0 Å². The molecule has 3 nitrogen and oxygen atoms in total. The predicted octanol–water partition coefficient (Wildman–Crippen LogP) is -0.713. The van der Waals surface area contributed by atoms with E-state index in [1.165, 1.54) is 0 Å². The van der Waals surface area contributed by atoms with E-state index in [1.807, 2.05) is 6.92 Å². The molecule has 0 saturated carbocycles. The highest BCUT2D eigenvalue weighted by Crippen LogP contribution is 1.94. The first-order valence-electron chi connectivity index (χ1n) is 3.82. The molecule has 0 aromatic heterocycles. The second-order valence-corrected chi connectivity index (χ2v) is 2.82. The normalized spacial score (nSPS) is 24.6. The lowest BCUT2D eigenvalue weighted by Crippen LogP contribution is -2.43. The number of rotatable bonds is 2. The van der Waals surface area contributed by atoms with Crippen molar-refractivity contribution in [2.24, 2.45) is 0 Å². The minimum Gasteiger partial charge on any atom is -0.392 e. The third-order valence-electron chi connectivity index (χ3n) is 1.67. The number of piperazine rings is 1. The van der Waals surface area contributed by atoms with Gasteiger partial charge in [0.1, 0.15) is 0 Å². The summed E-state index contributed by atoms with van der Waals surface area (Å²) >= 11 is 0. The molecule has 1 saturated heterocycles. The first-order valence-corrected chi connectivity index (χ1v) is 3.82. The average molecular weight is 143 g/mol. The highest BCUT2D eigenvalue weighted by molar-refractivity contribution is 4.68. The SMILES string of the molecule is C[C@H](O)CN1CC[N]CC1. The molecule has 0 spiro atoms. The second kappa shape index (κ2) is 3.91. The van der Waals surface area contributed by atoms with Crippen molar-refractivity contribution in [2.75, 3.05) is 32.7 Å². The summed E-state index contributed by atoms with van der Waals surface area (Å²) in [5.74, 6) is 0. The molecule has 0 bridgehead atoms. The Morgan fingerprint density at radius 2 is 2.10 bits per heavy atom. The predicted molar refractivity (Wildman–Crippen MR) is 40.0 cm³/mol. The monoisotopic (exact) mass is 143 g/mol. The van der Waals surface area contributed by atoms with Crippen molar-refractivity contribution in [3.63, 3.8) is 0 Å². The molecule has 0 aromatic rings. The summed E-state index contributed by atoms with van der Waals surface area (Å²) in [4.78, 5) is 2.25. The molecule has 10 heavy (non-hydrogen) atoms. The molecular weight excluding hydrogens is 128 g/mol. The summed E-state index contributed by atoms with van der Waals surface area (Å²) in [7, 11) is 0. The van der Waals surface area contributed by atoms with Crippen LogP contribution in [-0.4, -0.2) is 48.8 Å². The fourth-order valence-corrected chi connectivity index (χ4v) is 1.20. The van der Waals surface area contributed by atoms with E-state index in [9.17, 15) is 0 Å². The van der Waals surface area contributed by atoms with Crippen LogP contribution >= 0.6 is 0 Å². The van der Waals surface area contributed by atoms with Crippen LogP contribution in [0.2, 0.25) is 0 Å². The van der Waals surface area contributed by atoms with E-state index < -0.39 is 0 Å². The zero-order valence-corrected chi connectivity index (χ0v) is 6.45. The molecule has 3 heteroatoms. The molecule has 1 radical (unpaired) electrons. The highest BCUT2D eigenvalue weighted by atomic mass is 16.3. The van der Waals surface area contributed by atoms with Crippen LogP contribution < -0.4 is 5.32 Å². The van der Waals surface area contributed by atoms with Gasteiger partial charge >= 0.3 is 0 Å². The van der Waals surface area contributed by atoms with E-state index in [4.69, 9.17) is 5.11 Å². The van der Waals surface area contributed by atoms with Crippen molar-refractivity contribution in [2.45, 2.75) is 13.0 Å². The number of hydrogen-bond acceptors (Lipinski definition) is 2. The van der Waals surface area contributed by atoms with Crippen LogP contribution in [0.25, 0.3) is 0 Å². The number of β-amino-alcohol motifs (C(OH)–C–C–N with tert-alkyl or cyclic N) is 1. The largest absolute Gasteiger partial charge is 0.392 e. The fraction of sp³-hybridized carbons (Fsp3) is 1.00. The van der Waals surface area contributed by atoms with Crippen LogP contribution in [0.4, 0.5) is 0 Å². The topological polar surface area (TPSA) is 37.6 Å². The quantitative estimate of drug-likeness (QED) is 0.554. The Morgan fingerprint density at radius 3 is 2.60 bits per heavy atom. The van der Waals surface area contributed by atoms with Crippen molar-refractivity contribution in [1.82, 2.24) is 10.2 Å². The van der Waals surface area contributed by atoms with Crippen LogP contribution in [0.5, 0.6) is 0 Å². The lowest BCUT2D eigenvalue weighted by Gasteiger charge is -2.26. The van der Waals surface area contributed by atoms with Crippen LogP contribution in [0.15, 0.2) is 0 Å². The zero-order chi connectivity index (χ0) is 7.40. The second-order valence-electron chi connectivity index (χ2n) is 2.82. The van der Waals surface area contributed by atoms with Crippen LogP contribution in [-0.2, 0) is 0 Å². The first-order chi connectivity index (χ1) is 4.79. The number of nitrogens with zero attached hydrogens (tertiary/aromatic N) is 2. The van der Waals surface area contributed by atoms with Gasteiger partial charge in [0, 0.05) is 32.7 Å². The molecule has 0 amide bonds. The fourth-order valence-electron chi connectivity index (χ4n) is 1.20. The van der Waals surface area contributed by atoms with E-state index in [0.29, 0.717) is 0 Å². The standard InChI is InChI=1S/C7H15N2O/c1-7(10)6-9-4-2-8-3-5-9/h7,10H,2-6H2,1H3/t7-/m0/s1. The summed E-state index contributed by atoms with van der Waals surface area (Å²) in [5, 5.41) is 13.2. The molecule has 1 N–H and O–H groups in total. The van der Waals surface area contributed by atoms with Crippen molar-refractivity contribution in [3.05, 3.63) is 0 Å². The van der Waals surface area contributed by atoms with Gasteiger partial charge in [0.2, 0.25) is 0 Å². The summed E-state index contributed by atoms with van der Waals surface area (Å²) in [5.41, 5.74) is 0. The van der Waals surface area contributed by atoms with E-state index >= 15 is 0 Å². The van der Waals surface area contributed by atoms with E-state index in [0.717, 1.165) is 32.7 Å². The summed E-state index contributed by atoms with van der Waals surface area (Å²) in [6, 6.07) is 0. The molecule has 1 atom stereocenters. The Kier molecular flexibility index (Phi) is 3.12. The molecule has 0 unspecified atom stereocenters. The average Bonchev–Trinajstić information content (AvgIpc) is 1.88. The first kappa shape index (κ1) is 7.98. The number of hydrogen-bond donors (Lipinski definition) is 1. The van der Waals surface area contributed by atoms with Gasteiger partial charge in [-0.1, -0.05) is 0 Å². The van der Waals surface area contributed by atoms with Gasteiger partial charge < -0.3 is 5.11 Å². The van der Waals surface area contributed by atoms with E-state index in [1.54, 1.807) is 0 Å². The van der Waals surface area contributed by atoms with Crippen molar-refractivity contribution < 1.29 is 5.11 Å². The van der Waals surface area contributed by atoms with Crippen molar-refractivity contribution in [1.29, 1.82) is 0 Å². The lowest BCUT2D eigenvalue weighted by molar-refractivity contribution is 0.118. The van der Waals surface area contributed by atoms with Crippen LogP contribution in [0.1, 0.15) is 6.92 Å². The molecule has 1 rings (SSSR count). The molecule has 1 aliphatic heterocycles. The molecule has 1 fully saturated rings. The van der Waals surface area contributed by atoms with Crippen LogP contribution in [0, 0.1) is 0 Å². The molecule has 1 aliphatic rings. The maximum Gasteiger partial charge on any atom is 0.0639 e. The highest BCUT2D eigenvalue weighted by Gasteiger charge is 2.11. The van der Waals surface area contributed by atoms with E-state index in [-0.39, 0.29) is 6.10 Å². The summed E-state index contributed by atoms with van der Waals surface area (Å²) in [6.45, 7) is 6.54. The molecule has 1 heterocycles. The van der Waals surface area contributed by atoms with Gasteiger partial charge in [0.25, 0.3) is 0 Å². The molecule has 59 valence electrons. The zero-order valence-electron chi connectivity index (χ0n) is 6.45. The Bertz CT molecular complexity index is 89.6. The number of aliphatic hydroxyl groups excluding tert-OH is 1. The van der Waals surface area contributed by atoms with E-state index in [2.05, 4.69) is 10.2 Å². The summed E-state index contributed by atoms with van der Waals surface area (Å²) < 4.78 is 0. The number of aliphatic hydroxyl groups is 1. The lowest BCUT2D eigenvalue weighted by atomic mass is 10.3. The van der Waals surface area contributed by atoms with Gasteiger partial charge in [-0.2, -0.15) is 0 Å². The summed E-state index contributed by atoms with van der Waals surface area (Å²) in [6.07, 6.45) is -0.196. The molecular formula is C7H15N2O. The molecule has 0 aliphatic carbocycles. The van der Waals surface area contributed by atoms with Gasteiger partial charge in [-0.05, 0) is 6.92 Å².